The molecule has 0 aliphatic heterocycles. The van der Waals surface area contributed by atoms with Gasteiger partial charge in [0.1, 0.15) is 10.8 Å². The molecule has 0 saturated carbocycles. The Hall–Kier alpha value is -2.15. The number of nitrogens with zero attached hydrogens (tertiary/aromatic N) is 4. The molecule has 4 nitrogen and oxygen atoms in total. The molecule has 2 aromatic carbocycles. The monoisotopic (exact) mass is 440 g/mol. The van der Waals surface area contributed by atoms with Gasteiger partial charge in [-0.2, -0.15) is 0 Å². The van der Waals surface area contributed by atoms with Crippen LogP contribution in [0.4, 0.5) is 0 Å². The maximum Gasteiger partial charge on any atom is 0.191 e. The van der Waals surface area contributed by atoms with E-state index in [4.69, 9.17) is 16.6 Å². The van der Waals surface area contributed by atoms with Crippen molar-refractivity contribution in [2.45, 2.75) is 37.2 Å². The van der Waals surface area contributed by atoms with E-state index in [1.54, 1.807) is 23.1 Å². The van der Waals surface area contributed by atoms with Crippen LogP contribution in [0.3, 0.4) is 0 Å². The topological polar surface area (TPSA) is 43.6 Å². The van der Waals surface area contributed by atoms with E-state index in [2.05, 4.69) is 51.3 Å². The number of thioether (sulfide) groups is 1. The number of hydrogen-bond donors (Lipinski definition) is 0. The molecule has 4 rings (SSSR count). The van der Waals surface area contributed by atoms with Gasteiger partial charge in [0.25, 0.3) is 0 Å². The molecule has 0 saturated heterocycles. The highest BCUT2D eigenvalue weighted by atomic mass is 35.5. The largest absolute Gasteiger partial charge is 0.306 e. The predicted octanol–water partition coefficient (Wildman–Crippen LogP) is 6.15. The van der Waals surface area contributed by atoms with E-state index in [-0.39, 0.29) is 0 Å². The first-order valence-corrected chi connectivity index (χ1v) is 11.8. The molecule has 0 fully saturated rings. The average Bonchev–Trinajstić information content (AvgIpc) is 3.38. The van der Waals surface area contributed by atoms with Crippen molar-refractivity contribution in [1.82, 2.24) is 19.7 Å². The summed E-state index contributed by atoms with van der Waals surface area (Å²) >= 11 is 9.60. The number of rotatable bonds is 8. The Morgan fingerprint density at radius 1 is 1.00 bits per heavy atom. The predicted molar refractivity (Wildman–Crippen MR) is 122 cm³/mol. The number of hydrogen-bond acceptors (Lipinski definition) is 5. The Kier molecular flexibility index (Phi) is 6.64. The molecule has 0 bridgehead atoms. The summed E-state index contributed by atoms with van der Waals surface area (Å²) in [6.07, 6.45) is 1.86. The van der Waals surface area contributed by atoms with Crippen LogP contribution >= 0.6 is 34.7 Å². The number of halogens is 1. The number of benzene rings is 2. The molecule has 2 aromatic heterocycles. The lowest BCUT2D eigenvalue weighted by Gasteiger charge is -2.07. The van der Waals surface area contributed by atoms with Gasteiger partial charge in [-0.05, 0) is 25.0 Å². The number of aromatic nitrogens is 4. The van der Waals surface area contributed by atoms with Crippen LogP contribution in [-0.4, -0.2) is 19.7 Å². The van der Waals surface area contributed by atoms with Crippen molar-refractivity contribution in [2.24, 2.45) is 0 Å². The van der Waals surface area contributed by atoms with Crippen LogP contribution in [0.1, 0.15) is 24.0 Å². The summed E-state index contributed by atoms with van der Waals surface area (Å²) in [7, 11) is 0. The minimum Gasteiger partial charge on any atom is -0.306 e. The molecule has 29 heavy (non-hydrogen) atoms. The molecule has 0 aliphatic rings. The summed E-state index contributed by atoms with van der Waals surface area (Å²) in [5.41, 5.74) is 3.34. The van der Waals surface area contributed by atoms with Crippen molar-refractivity contribution in [3.05, 3.63) is 82.1 Å². The average molecular weight is 441 g/mol. The summed E-state index contributed by atoms with van der Waals surface area (Å²) in [5.74, 6) is 1.80. The lowest BCUT2D eigenvalue weighted by molar-refractivity contribution is 0.637. The van der Waals surface area contributed by atoms with E-state index >= 15 is 0 Å². The molecule has 4 aromatic rings. The second-order valence-corrected chi connectivity index (χ2v) is 8.75. The zero-order valence-electron chi connectivity index (χ0n) is 16.1. The van der Waals surface area contributed by atoms with Crippen molar-refractivity contribution < 1.29 is 0 Å². The van der Waals surface area contributed by atoms with Crippen molar-refractivity contribution in [1.29, 1.82) is 0 Å². The zero-order chi connectivity index (χ0) is 20.1. The Balaban J connectivity index is 1.41. The molecular weight excluding hydrogens is 420 g/mol. The summed E-state index contributed by atoms with van der Waals surface area (Å²) in [5, 5.41) is 13.6. The quantitative estimate of drug-likeness (QED) is 0.308. The van der Waals surface area contributed by atoms with E-state index in [0.717, 1.165) is 57.4 Å². The summed E-state index contributed by atoms with van der Waals surface area (Å²) in [6, 6.07) is 18.3. The van der Waals surface area contributed by atoms with Gasteiger partial charge in [0.05, 0.1) is 10.7 Å². The first kappa shape index (κ1) is 20.1. The Morgan fingerprint density at radius 2 is 1.79 bits per heavy atom. The molecule has 0 amide bonds. The van der Waals surface area contributed by atoms with Crippen molar-refractivity contribution in [2.75, 3.05) is 0 Å². The summed E-state index contributed by atoms with van der Waals surface area (Å²) < 4.78 is 2.20. The second kappa shape index (κ2) is 9.57. The smallest absolute Gasteiger partial charge is 0.191 e. The zero-order valence-corrected chi connectivity index (χ0v) is 18.5. The fraction of sp³-hybridized carbons (Fsp3) is 0.227. The molecule has 7 heteroatoms. The Labute approximate surface area is 184 Å². The lowest BCUT2D eigenvalue weighted by Crippen LogP contribution is -2.05. The van der Waals surface area contributed by atoms with Gasteiger partial charge in [-0.25, -0.2) is 4.98 Å². The van der Waals surface area contributed by atoms with E-state index in [1.165, 1.54) is 5.56 Å². The van der Waals surface area contributed by atoms with Crippen LogP contribution in [-0.2, 0) is 25.1 Å². The third kappa shape index (κ3) is 4.89. The highest BCUT2D eigenvalue weighted by molar-refractivity contribution is 7.98. The van der Waals surface area contributed by atoms with Gasteiger partial charge in [-0.1, -0.05) is 71.9 Å². The fourth-order valence-electron chi connectivity index (χ4n) is 3.10. The molecule has 0 N–H and O–H groups in total. The molecule has 0 spiro atoms. The van der Waals surface area contributed by atoms with Crippen LogP contribution in [0.25, 0.3) is 10.6 Å². The van der Waals surface area contributed by atoms with Crippen LogP contribution < -0.4 is 0 Å². The first-order chi connectivity index (χ1) is 14.2. The third-order valence-corrected chi connectivity index (χ3v) is 6.85. The first-order valence-electron chi connectivity index (χ1n) is 9.52. The van der Waals surface area contributed by atoms with Gasteiger partial charge in [0.2, 0.25) is 0 Å². The maximum absolute atomic E-state index is 6.30. The number of thiazole rings is 1. The molecule has 2 heterocycles. The van der Waals surface area contributed by atoms with Gasteiger partial charge < -0.3 is 4.57 Å². The van der Waals surface area contributed by atoms with Crippen LogP contribution in [0.2, 0.25) is 5.02 Å². The molecule has 0 radical (unpaired) electrons. The van der Waals surface area contributed by atoms with Crippen LogP contribution in [0.5, 0.6) is 0 Å². The van der Waals surface area contributed by atoms with Gasteiger partial charge in [0.15, 0.2) is 5.16 Å². The van der Waals surface area contributed by atoms with Gasteiger partial charge >= 0.3 is 0 Å². The molecule has 0 unspecified atom stereocenters. The van der Waals surface area contributed by atoms with Crippen LogP contribution in [0, 0.1) is 0 Å². The van der Waals surface area contributed by atoms with E-state index in [1.807, 2.05) is 30.3 Å². The van der Waals surface area contributed by atoms with Gasteiger partial charge in [-0.15, -0.1) is 21.5 Å². The van der Waals surface area contributed by atoms with Crippen molar-refractivity contribution in [3.63, 3.8) is 0 Å². The molecule has 148 valence electrons. The number of aryl methyl sites for hydroxylation is 2. The Morgan fingerprint density at radius 3 is 2.59 bits per heavy atom. The van der Waals surface area contributed by atoms with Gasteiger partial charge in [0, 0.05) is 29.7 Å². The third-order valence-electron chi connectivity index (χ3n) is 4.59. The van der Waals surface area contributed by atoms with E-state index in [0.29, 0.717) is 0 Å². The standard InChI is InChI=1S/C22H21ClN4S2/c1-2-27-20(13-12-16-8-4-3-5-9-16)25-26-22(27)29-15-17-14-28-21(24-17)18-10-6-7-11-19(18)23/h3-11,14H,2,12-13,15H2,1H3. The highest BCUT2D eigenvalue weighted by Gasteiger charge is 2.13. The SMILES string of the molecule is CCn1c(CCc2ccccc2)nnc1SCc1csc(-c2ccccc2Cl)n1. The fourth-order valence-corrected chi connectivity index (χ4v) is 5.26. The molecular formula is C22H21ClN4S2. The maximum atomic E-state index is 6.30. The van der Waals surface area contributed by atoms with Crippen LogP contribution in [0.15, 0.2) is 65.1 Å². The lowest BCUT2D eigenvalue weighted by atomic mass is 10.1. The molecule has 0 aliphatic carbocycles. The molecule has 0 atom stereocenters. The van der Waals surface area contributed by atoms with Gasteiger partial charge in [-0.3, -0.25) is 0 Å². The minimum atomic E-state index is 0.731. The summed E-state index contributed by atoms with van der Waals surface area (Å²) in [6.45, 7) is 3.00. The summed E-state index contributed by atoms with van der Waals surface area (Å²) in [4.78, 5) is 4.75. The van der Waals surface area contributed by atoms with Crippen molar-refractivity contribution >= 4 is 34.7 Å². The Bertz CT molecular complexity index is 1080. The van der Waals surface area contributed by atoms with E-state index < -0.39 is 0 Å². The normalized spacial score (nSPS) is 11.1. The van der Waals surface area contributed by atoms with Crippen molar-refractivity contribution in [3.8, 4) is 10.6 Å². The second-order valence-electron chi connectivity index (χ2n) is 6.54. The van der Waals surface area contributed by atoms with E-state index in [9.17, 15) is 0 Å². The highest BCUT2D eigenvalue weighted by Crippen LogP contribution is 2.31. The minimum absolute atomic E-state index is 0.731.